The molecule has 0 bridgehead atoms. The minimum absolute atomic E-state index is 0.0612. The largest absolute Gasteiger partial charge is 0.497 e. The fraction of sp³-hybridized carbons (Fsp3) is 0.346. The molecule has 0 radical (unpaired) electrons. The Morgan fingerprint density at radius 1 is 1.08 bits per heavy atom. The maximum Gasteiger partial charge on any atom is 0.274 e. The van der Waals surface area contributed by atoms with Gasteiger partial charge in [-0.2, -0.15) is 5.10 Å². The highest BCUT2D eigenvalue weighted by Gasteiger charge is 2.24. The van der Waals surface area contributed by atoms with Crippen molar-refractivity contribution in [3.63, 3.8) is 0 Å². The number of methoxy groups -OCH3 is 1. The molecule has 2 heterocycles. The molecule has 37 heavy (non-hydrogen) atoms. The molecule has 0 unspecified atom stereocenters. The van der Waals surface area contributed by atoms with E-state index in [2.05, 4.69) is 21.0 Å². The van der Waals surface area contributed by atoms with Crippen LogP contribution in [0.25, 0.3) is 10.8 Å². The Hall–Kier alpha value is -4.41. The number of nitrogens with zero attached hydrogens (tertiary/aromatic N) is 2. The summed E-state index contributed by atoms with van der Waals surface area (Å²) in [6.45, 7) is 0.650. The van der Waals surface area contributed by atoms with Crippen LogP contribution in [0, 0.1) is 0 Å². The van der Waals surface area contributed by atoms with Crippen LogP contribution >= 0.6 is 0 Å². The molecule has 194 valence electrons. The second-order valence-corrected chi connectivity index (χ2v) is 8.60. The van der Waals surface area contributed by atoms with Gasteiger partial charge in [0.25, 0.3) is 17.4 Å². The van der Waals surface area contributed by atoms with E-state index < -0.39 is 11.9 Å². The number of carbonyl (C=O) groups is 3. The van der Waals surface area contributed by atoms with Crippen LogP contribution in [0.5, 0.6) is 11.5 Å². The fourth-order valence-corrected chi connectivity index (χ4v) is 4.13. The first-order valence-corrected chi connectivity index (χ1v) is 12.0. The topological polar surface area (TPSA) is 141 Å². The number of benzene rings is 2. The third kappa shape index (κ3) is 5.88. The van der Waals surface area contributed by atoms with Gasteiger partial charge >= 0.3 is 0 Å². The molecule has 0 fully saturated rings. The minimum atomic E-state index is -0.837. The molecule has 1 aliphatic rings. The summed E-state index contributed by atoms with van der Waals surface area (Å²) < 4.78 is 12.1. The van der Waals surface area contributed by atoms with Crippen molar-refractivity contribution in [2.45, 2.75) is 25.3 Å². The zero-order chi connectivity index (χ0) is 26.4. The van der Waals surface area contributed by atoms with Gasteiger partial charge in [-0.1, -0.05) is 18.2 Å². The summed E-state index contributed by atoms with van der Waals surface area (Å²) in [5.41, 5.74) is 0.126. The molecule has 11 heteroatoms. The lowest BCUT2D eigenvalue weighted by Crippen LogP contribution is -2.48. The standard InChI is InChI=1S/C26H29N5O6/c1-31-26(35)18-8-4-3-7-17(18)22(30-31)25(34)29-20-9-5-6-12-27-23(32)19-11-10-16(36-2)15-21(19)37-14-13-28-24(20)33/h3-4,7-8,10-11,15,20H,5-6,9,12-14H2,1-2H3,(H,27,32)(H,28,33)(H,29,34)/t20-/m0/s1. The summed E-state index contributed by atoms with van der Waals surface area (Å²) in [5.74, 6) is -0.299. The molecule has 3 amide bonds. The molecule has 0 saturated heterocycles. The second kappa shape index (κ2) is 11.5. The smallest absolute Gasteiger partial charge is 0.274 e. The Kier molecular flexibility index (Phi) is 8.02. The lowest BCUT2D eigenvalue weighted by atomic mass is 10.1. The number of aryl methyl sites for hydroxylation is 1. The zero-order valence-electron chi connectivity index (χ0n) is 20.7. The van der Waals surface area contributed by atoms with Crippen molar-refractivity contribution in [1.29, 1.82) is 0 Å². The first-order valence-electron chi connectivity index (χ1n) is 12.0. The van der Waals surface area contributed by atoms with Crippen molar-refractivity contribution >= 4 is 28.5 Å². The highest BCUT2D eigenvalue weighted by molar-refractivity contribution is 6.06. The third-order valence-electron chi connectivity index (χ3n) is 6.09. The summed E-state index contributed by atoms with van der Waals surface area (Å²) in [6, 6.07) is 10.8. The lowest BCUT2D eigenvalue weighted by molar-refractivity contribution is -0.123. The monoisotopic (exact) mass is 507 g/mol. The van der Waals surface area contributed by atoms with E-state index in [0.717, 1.165) is 4.68 Å². The van der Waals surface area contributed by atoms with Crippen molar-refractivity contribution in [1.82, 2.24) is 25.7 Å². The van der Waals surface area contributed by atoms with Crippen LogP contribution in [0.2, 0.25) is 0 Å². The number of rotatable bonds is 3. The summed E-state index contributed by atoms with van der Waals surface area (Å²) in [4.78, 5) is 51.2. The first-order chi connectivity index (χ1) is 17.9. The number of hydrogen-bond acceptors (Lipinski definition) is 7. The van der Waals surface area contributed by atoms with Gasteiger partial charge in [-0.3, -0.25) is 19.2 Å². The lowest BCUT2D eigenvalue weighted by Gasteiger charge is -2.20. The van der Waals surface area contributed by atoms with Gasteiger partial charge < -0.3 is 25.4 Å². The number of ether oxygens (including phenoxy) is 2. The summed E-state index contributed by atoms with van der Waals surface area (Å²) >= 11 is 0. The Labute approximate surface area is 213 Å². The van der Waals surface area contributed by atoms with Crippen LogP contribution in [0.4, 0.5) is 0 Å². The first kappa shape index (κ1) is 25.7. The molecule has 0 spiro atoms. The van der Waals surface area contributed by atoms with Gasteiger partial charge in [0.2, 0.25) is 5.91 Å². The van der Waals surface area contributed by atoms with Crippen LogP contribution in [0.3, 0.4) is 0 Å². The van der Waals surface area contributed by atoms with E-state index in [4.69, 9.17) is 9.47 Å². The van der Waals surface area contributed by atoms with Crippen molar-refractivity contribution < 1.29 is 23.9 Å². The number of hydrogen-bond donors (Lipinski definition) is 3. The van der Waals surface area contributed by atoms with Crippen LogP contribution in [0.15, 0.2) is 47.3 Å². The molecule has 3 N–H and O–H groups in total. The molecule has 4 rings (SSSR count). The van der Waals surface area contributed by atoms with E-state index in [-0.39, 0.29) is 36.2 Å². The van der Waals surface area contributed by atoms with Gasteiger partial charge in [-0.15, -0.1) is 0 Å². The normalized spacial score (nSPS) is 17.0. The van der Waals surface area contributed by atoms with Crippen molar-refractivity contribution in [3.8, 4) is 11.5 Å². The van der Waals surface area contributed by atoms with Gasteiger partial charge in [0, 0.05) is 25.0 Å². The predicted molar refractivity (Wildman–Crippen MR) is 136 cm³/mol. The Morgan fingerprint density at radius 2 is 1.86 bits per heavy atom. The maximum absolute atomic E-state index is 13.2. The van der Waals surface area contributed by atoms with Crippen molar-refractivity contribution in [2.75, 3.05) is 26.8 Å². The number of fused-ring (bicyclic) bond motifs is 2. The van der Waals surface area contributed by atoms with E-state index in [1.807, 2.05) is 0 Å². The van der Waals surface area contributed by atoms with Gasteiger partial charge in [0.1, 0.15) is 24.1 Å². The van der Waals surface area contributed by atoms with Gasteiger partial charge in [-0.05, 0) is 37.5 Å². The Balaban J connectivity index is 1.51. The molecular formula is C26H29N5O6. The molecular weight excluding hydrogens is 478 g/mol. The van der Waals surface area contributed by atoms with Crippen molar-refractivity contribution in [2.24, 2.45) is 7.05 Å². The average molecular weight is 508 g/mol. The highest BCUT2D eigenvalue weighted by Crippen LogP contribution is 2.25. The number of nitrogens with one attached hydrogen (secondary N) is 3. The number of amides is 3. The minimum Gasteiger partial charge on any atom is -0.497 e. The average Bonchev–Trinajstić information content (AvgIpc) is 2.91. The molecule has 0 aliphatic carbocycles. The molecule has 1 aromatic heterocycles. The molecule has 3 aromatic rings. The van der Waals surface area contributed by atoms with E-state index in [0.29, 0.717) is 53.6 Å². The summed E-state index contributed by atoms with van der Waals surface area (Å²) in [5, 5.41) is 13.3. The fourth-order valence-electron chi connectivity index (χ4n) is 4.13. The van der Waals surface area contributed by atoms with Crippen LogP contribution < -0.4 is 31.0 Å². The van der Waals surface area contributed by atoms with E-state index in [9.17, 15) is 19.2 Å². The van der Waals surface area contributed by atoms with E-state index >= 15 is 0 Å². The van der Waals surface area contributed by atoms with Crippen LogP contribution in [-0.4, -0.2) is 60.4 Å². The van der Waals surface area contributed by atoms with E-state index in [1.165, 1.54) is 14.2 Å². The van der Waals surface area contributed by atoms with Crippen LogP contribution in [-0.2, 0) is 11.8 Å². The second-order valence-electron chi connectivity index (χ2n) is 8.60. The highest BCUT2D eigenvalue weighted by atomic mass is 16.5. The number of aromatic nitrogens is 2. The third-order valence-corrected chi connectivity index (χ3v) is 6.09. The predicted octanol–water partition coefficient (Wildman–Crippen LogP) is 1.15. The van der Waals surface area contributed by atoms with Gasteiger partial charge in [0.15, 0.2) is 5.69 Å². The van der Waals surface area contributed by atoms with Gasteiger partial charge in [0.05, 0.1) is 24.6 Å². The van der Waals surface area contributed by atoms with E-state index in [1.54, 1.807) is 42.5 Å². The molecule has 1 atom stereocenters. The number of carbonyl (C=O) groups excluding carboxylic acids is 3. The molecule has 0 saturated carbocycles. The summed E-state index contributed by atoms with van der Waals surface area (Å²) in [6.07, 6.45) is 1.52. The Bertz CT molecular complexity index is 1390. The van der Waals surface area contributed by atoms with Crippen molar-refractivity contribution in [3.05, 3.63) is 64.1 Å². The van der Waals surface area contributed by atoms with Crippen LogP contribution in [0.1, 0.15) is 40.1 Å². The Morgan fingerprint density at radius 3 is 2.65 bits per heavy atom. The maximum atomic E-state index is 13.2. The molecule has 11 nitrogen and oxygen atoms in total. The molecule has 1 aliphatic heterocycles. The zero-order valence-corrected chi connectivity index (χ0v) is 20.7. The summed E-state index contributed by atoms with van der Waals surface area (Å²) in [7, 11) is 2.99. The SMILES string of the molecule is COc1ccc2c(c1)OCCNC(=O)[C@@H](NC(=O)c1nn(C)c(=O)c3ccccc13)CCCCNC2=O. The molecule has 2 aromatic carbocycles. The van der Waals surface area contributed by atoms with Gasteiger partial charge in [-0.25, -0.2) is 4.68 Å². The quantitative estimate of drug-likeness (QED) is 0.483.